The Hall–Kier alpha value is -1.84. The highest BCUT2D eigenvalue weighted by molar-refractivity contribution is 5.94. The number of rotatable bonds is 2. The van der Waals surface area contributed by atoms with Gasteiger partial charge in [0.25, 0.3) is 0 Å². The first kappa shape index (κ1) is 8.26. The number of benzene rings is 1. The highest BCUT2D eigenvalue weighted by Crippen LogP contribution is 2.19. The number of aldehydes is 1. The lowest BCUT2D eigenvalue weighted by Gasteiger charge is -1.99. The van der Waals surface area contributed by atoms with Gasteiger partial charge < -0.3 is 10.2 Å². The molecule has 0 saturated carbocycles. The van der Waals surface area contributed by atoms with Crippen molar-refractivity contribution in [2.45, 2.75) is 0 Å². The predicted molar refractivity (Wildman–Crippen MR) is 39.3 cm³/mol. The standard InChI is InChI=1S/C8H5O4/c9-4-5-2-1-3-6(7(5)10)8(11)12/h2-4,10H,(H,11,12). The smallest absolute Gasteiger partial charge is 0.339 e. The van der Waals surface area contributed by atoms with Gasteiger partial charge in [-0.05, 0) is 18.2 Å². The topological polar surface area (TPSA) is 74.6 Å². The number of hydrogen-bond donors (Lipinski definition) is 2. The van der Waals surface area contributed by atoms with Gasteiger partial charge in [-0.2, -0.15) is 0 Å². The summed E-state index contributed by atoms with van der Waals surface area (Å²) in [6.07, 6.45) is 0.373. The molecule has 0 saturated heterocycles. The minimum Gasteiger partial charge on any atom is -0.506 e. The number of hydrogen-bond acceptors (Lipinski definition) is 3. The van der Waals surface area contributed by atoms with Gasteiger partial charge in [0, 0.05) is 0 Å². The molecule has 0 bridgehead atoms. The average Bonchev–Trinajstić information content (AvgIpc) is 2.04. The zero-order valence-electron chi connectivity index (χ0n) is 5.94. The van der Waals surface area contributed by atoms with E-state index in [-0.39, 0.29) is 11.1 Å². The molecule has 0 aliphatic rings. The molecule has 1 aromatic rings. The summed E-state index contributed by atoms with van der Waals surface area (Å²) in [6.45, 7) is 0. The molecule has 0 aliphatic carbocycles. The molecule has 0 aliphatic heterocycles. The highest BCUT2D eigenvalue weighted by Gasteiger charge is 2.11. The molecule has 0 unspecified atom stereocenters. The third-order valence-corrected chi connectivity index (χ3v) is 1.35. The van der Waals surface area contributed by atoms with E-state index in [4.69, 9.17) is 10.2 Å². The van der Waals surface area contributed by atoms with Gasteiger partial charge in [0.05, 0.1) is 5.56 Å². The van der Waals surface area contributed by atoms with Gasteiger partial charge in [0.15, 0.2) is 6.29 Å². The summed E-state index contributed by atoms with van der Waals surface area (Å²) in [7, 11) is 0. The summed E-state index contributed by atoms with van der Waals surface area (Å²) in [5.41, 5.74) is -0.394. The third-order valence-electron chi connectivity index (χ3n) is 1.35. The first-order valence-corrected chi connectivity index (χ1v) is 3.08. The van der Waals surface area contributed by atoms with Crippen molar-refractivity contribution in [3.63, 3.8) is 0 Å². The van der Waals surface area contributed by atoms with Crippen molar-refractivity contribution in [1.29, 1.82) is 0 Å². The van der Waals surface area contributed by atoms with E-state index in [1.807, 2.05) is 0 Å². The van der Waals surface area contributed by atoms with Gasteiger partial charge in [-0.1, -0.05) is 0 Å². The Morgan fingerprint density at radius 2 is 2.17 bits per heavy atom. The van der Waals surface area contributed by atoms with Crippen molar-refractivity contribution in [3.05, 3.63) is 29.3 Å². The van der Waals surface area contributed by atoms with E-state index in [9.17, 15) is 9.59 Å². The summed E-state index contributed by atoms with van der Waals surface area (Å²) in [6, 6.07) is 4.75. The number of aromatic hydroxyl groups is 1. The van der Waals surface area contributed by atoms with Crippen LogP contribution in [0.25, 0.3) is 0 Å². The van der Waals surface area contributed by atoms with Gasteiger partial charge in [-0.25, -0.2) is 4.79 Å². The maximum absolute atomic E-state index is 10.4. The SMILES string of the molecule is O=Cc1c[c]cc(C(=O)O)c1O. The Labute approximate surface area is 68.1 Å². The van der Waals surface area contributed by atoms with Gasteiger partial charge in [-0.3, -0.25) is 4.79 Å². The summed E-state index contributed by atoms with van der Waals surface area (Å²) in [4.78, 5) is 20.6. The van der Waals surface area contributed by atoms with E-state index in [1.54, 1.807) is 0 Å². The molecule has 0 fully saturated rings. The highest BCUT2D eigenvalue weighted by atomic mass is 16.4. The molecule has 4 nitrogen and oxygen atoms in total. The molecular formula is C8H5O4. The maximum Gasteiger partial charge on any atom is 0.339 e. The fourth-order valence-corrected chi connectivity index (χ4v) is 0.760. The van der Waals surface area contributed by atoms with Gasteiger partial charge in [0.1, 0.15) is 11.3 Å². The van der Waals surface area contributed by atoms with Crippen LogP contribution in [-0.4, -0.2) is 22.5 Å². The number of aromatic carboxylic acids is 1. The fraction of sp³-hybridized carbons (Fsp3) is 0. The van der Waals surface area contributed by atoms with Crippen LogP contribution in [0.5, 0.6) is 5.75 Å². The second-order valence-electron chi connectivity index (χ2n) is 2.10. The molecule has 1 radical (unpaired) electrons. The lowest BCUT2D eigenvalue weighted by atomic mass is 10.1. The lowest BCUT2D eigenvalue weighted by molar-refractivity contribution is 0.0693. The molecule has 0 aromatic heterocycles. The van der Waals surface area contributed by atoms with Crippen LogP contribution in [0.3, 0.4) is 0 Å². The Balaban J connectivity index is 3.32. The molecule has 1 rings (SSSR count). The first-order chi connectivity index (χ1) is 5.66. The van der Waals surface area contributed by atoms with Crippen molar-refractivity contribution in [2.24, 2.45) is 0 Å². The lowest BCUT2D eigenvalue weighted by Crippen LogP contribution is -1.98. The molecule has 2 N–H and O–H groups in total. The molecule has 1 aromatic carbocycles. The van der Waals surface area contributed by atoms with E-state index in [2.05, 4.69) is 6.07 Å². The fourth-order valence-electron chi connectivity index (χ4n) is 0.760. The van der Waals surface area contributed by atoms with Crippen LogP contribution >= 0.6 is 0 Å². The van der Waals surface area contributed by atoms with E-state index in [1.165, 1.54) is 6.07 Å². The summed E-state index contributed by atoms with van der Waals surface area (Å²) < 4.78 is 0. The van der Waals surface area contributed by atoms with Gasteiger partial charge >= 0.3 is 5.97 Å². The first-order valence-electron chi connectivity index (χ1n) is 3.08. The number of carboxylic acid groups (broad SMARTS) is 1. The molecule has 0 heterocycles. The van der Waals surface area contributed by atoms with Crippen molar-refractivity contribution in [2.75, 3.05) is 0 Å². The predicted octanol–water partition coefficient (Wildman–Crippen LogP) is 0.703. The normalized spacial score (nSPS) is 9.33. The third kappa shape index (κ3) is 1.27. The Morgan fingerprint density at radius 1 is 1.50 bits per heavy atom. The zero-order valence-corrected chi connectivity index (χ0v) is 5.94. The molecular weight excluding hydrogens is 160 g/mol. The number of phenols is 1. The zero-order chi connectivity index (χ0) is 9.14. The maximum atomic E-state index is 10.4. The van der Waals surface area contributed by atoms with Crippen LogP contribution in [0.4, 0.5) is 0 Å². The van der Waals surface area contributed by atoms with Crippen LogP contribution in [0.2, 0.25) is 0 Å². The van der Waals surface area contributed by atoms with Gasteiger partial charge in [0.2, 0.25) is 0 Å². The second kappa shape index (κ2) is 3.04. The van der Waals surface area contributed by atoms with Crippen molar-refractivity contribution < 1.29 is 19.8 Å². The largest absolute Gasteiger partial charge is 0.506 e. The Kier molecular flexibility index (Phi) is 2.09. The second-order valence-corrected chi connectivity index (χ2v) is 2.10. The van der Waals surface area contributed by atoms with Crippen LogP contribution < -0.4 is 0 Å². The van der Waals surface area contributed by atoms with Crippen LogP contribution in [0.1, 0.15) is 20.7 Å². The summed E-state index contributed by atoms with van der Waals surface area (Å²) in [5.74, 6) is -1.80. The van der Waals surface area contributed by atoms with E-state index in [0.717, 1.165) is 6.07 Å². The quantitative estimate of drug-likeness (QED) is 0.632. The Bertz CT molecular complexity index is 330. The van der Waals surface area contributed by atoms with Gasteiger partial charge in [-0.15, -0.1) is 0 Å². The Morgan fingerprint density at radius 3 is 2.67 bits per heavy atom. The molecule has 4 heteroatoms. The molecule has 0 atom stereocenters. The molecule has 12 heavy (non-hydrogen) atoms. The molecule has 61 valence electrons. The number of carboxylic acids is 1. The number of carbonyl (C=O) groups is 2. The van der Waals surface area contributed by atoms with Crippen molar-refractivity contribution >= 4 is 12.3 Å². The monoisotopic (exact) mass is 165 g/mol. The van der Waals surface area contributed by atoms with E-state index in [0.29, 0.717) is 6.29 Å². The minimum atomic E-state index is -1.28. The van der Waals surface area contributed by atoms with E-state index < -0.39 is 11.7 Å². The van der Waals surface area contributed by atoms with E-state index >= 15 is 0 Å². The van der Waals surface area contributed by atoms with Crippen LogP contribution in [0.15, 0.2) is 12.1 Å². The van der Waals surface area contributed by atoms with Crippen molar-refractivity contribution in [1.82, 2.24) is 0 Å². The van der Waals surface area contributed by atoms with Crippen LogP contribution in [0, 0.1) is 6.07 Å². The molecule has 0 amide bonds. The average molecular weight is 165 g/mol. The molecule has 0 spiro atoms. The number of carbonyl (C=O) groups excluding carboxylic acids is 1. The van der Waals surface area contributed by atoms with Crippen molar-refractivity contribution in [3.8, 4) is 5.75 Å². The minimum absolute atomic E-state index is 0.0742. The summed E-state index contributed by atoms with van der Waals surface area (Å²) >= 11 is 0. The van der Waals surface area contributed by atoms with Crippen LogP contribution in [-0.2, 0) is 0 Å². The summed E-state index contributed by atoms with van der Waals surface area (Å²) in [5, 5.41) is 17.6.